The summed E-state index contributed by atoms with van der Waals surface area (Å²) in [6.07, 6.45) is -0.844. The van der Waals surface area contributed by atoms with Crippen LogP contribution in [0.5, 0.6) is 0 Å². The fourth-order valence-corrected chi connectivity index (χ4v) is 3.25. The molecule has 0 aliphatic carbocycles. The summed E-state index contributed by atoms with van der Waals surface area (Å²) in [6.45, 7) is 0.969. The second-order valence-corrected chi connectivity index (χ2v) is 7.89. The lowest BCUT2D eigenvalue weighted by atomic mass is 10.1. The first-order valence-electron chi connectivity index (χ1n) is 11.2. The van der Waals surface area contributed by atoms with E-state index in [-0.39, 0.29) is 31.3 Å². The van der Waals surface area contributed by atoms with Crippen molar-refractivity contribution in [3.8, 4) is 11.3 Å². The van der Waals surface area contributed by atoms with Crippen LogP contribution in [0.25, 0.3) is 11.3 Å². The number of amides is 3. The number of alkyl carbamates (subject to hydrolysis) is 1. The number of primary amides is 1. The normalized spacial score (nSPS) is 11.4. The number of aromatic nitrogens is 1. The summed E-state index contributed by atoms with van der Waals surface area (Å²) in [4.78, 5) is 40.5. The molecule has 1 atom stereocenters. The molecule has 0 fully saturated rings. The lowest BCUT2D eigenvalue weighted by Gasteiger charge is -2.22. The highest BCUT2D eigenvalue weighted by Crippen LogP contribution is 2.32. The number of nitrogens with one attached hydrogen (secondary N) is 1. The van der Waals surface area contributed by atoms with E-state index in [0.717, 1.165) is 30.3 Å². The van der Waals surface area contributed by atoms with Crippen molar-refractivity contribution in [1.82, 2.24) is 10.3 Å². The maximum absolute atomic E-state index is 14.5. The van der Waals surface area contributed by atoms with Crippen LogP contribution >= 0.6 is 0 Å². The van der Waals surface area contributed by atoms with Gasteiger partial charge in [-0.25, -0.2) is 32.6 Å². The van der Waals surface area contributed by atoms with Gasteiger partial charge in [0, 0.05) is 11.1 Å². The molecule has 0 radical (unpaired) electrons. The Morgan fingerprint density at radius 1 is 1.00 bits per heavy atom. The molecule has 200 valence electrons. The molecule has 0 aliphatic heterocycles. The first-order valence-corrected chi connectivity index (χ1v) is 11.2. The number of urea groups is 1. The van der Waals surface area contributed by atoms with Gasteiger partial charge in [-0.2, -0.15) is 0 Å². The number of hydrogen-bond acceptors (Lipinski definition) is 7. The molecule has 0 spiro atoms. The van der Waals surface area contributed by atoms with Crippen molar-refractivity contribution >= 4 is 29.6 Å². The van der Waals surface area contributed by atoms with Crippen LogP contribution in [0, 0.1) is 17.5 Å². The van der Waals surface area contributed by atoms with Crippen LogP contribution in [0.1, 0.15) is 12.5 Å². The molecule has 1 aromatic heterocycles. The Kier molecular flexibility index (Phi) is 9.22. The summed E-state index contributed by atoms with van der Waals surface area (Å²) < 4.78 is 52.5. The van der Waals surface area contributed by atoms with E-state index in [1.165, 1.54) is 31.2 Å². The van der Waals surface area contributed by atoms with Gasteiger partial charge >= 0.3 is 18.1 Å². The average Bonchev–Trinajstić information content (AvgIpc) is 2.87. The van der Waals surface area contributed by atoms with E-state index in [2.05, 4.69) is 10.3 Å². The van der Waals surface area contributed by atoms with Crippen LogP contribution < -0.4 is 21.7 Å². The van der Waals surface area contributed by atoms with Crippen molar-refractivity contribution in [2.24, 2.45) is 11.5 Å². The van der Waals surface area contributed by atoms with E-state index in [1.807, 2.05) is 0 Å². The largest absolute Gasteiger partial charge is 0.463 e. The smallest absolute Gasteiger partial charge is 0.407 e. The molecule has 0 unspecified atom stereocenters. The average molecular weight is 531 g/mol. The third kappa shape index (κ3) is 6.97. The highest BCUT2D eigenvalue weighted by Gasteiger charge is 2.25. The zero-order valence-electron chi connectivity index (χ0n) is 20.1. The van der Waals surface area contributed by atoms with Crippen LogP contribution in [-0.4, -0.2) is 42.3 Å². The number of carbonyl (C=O) groups is 3. The number of anilines is 2. The van der Waals surface area contributed by atoms with Gasteiger partial charge in [-0.1, -0.05) is 6.07 Å². The third-order valence-electron chi connectivity index (χ3n) is 5.04. The molecule has 3 amide bonds. The van der Waals surface area contributed by atoms with E-state index in [9.17, 15) is 27.6 Å². The number of pyridine rings is 1. The minimum Gasteiger partial charge on any atom is -0.463 e. The first kappa shape index (κ1) is 27.9. The van der Waals surface area contributed by atoms with Gasteiger partial charge in [-0.15, -0.1) is 0 Å². The van der Waals surface area contributed by atoms with E-state index in [1.54, 1.807) is 0 Å². The quantitative estimate of drug-likeness (QED) is 0.283. The summed E-state index contributed by atoms with van der Waals surface area (Å²) in [5.41, 5.74) is 10.9. The van der Waals surface area contributed by atoms with Crippen molar-refractivity contribution < 1.29 is 37.0 Å². The zero-order valence-corrected chi connectivity index (χ0v) is 20.1. The molecular weight excluding hydrogens is 507 g/mol. The van der Waals surface area contributed by atoms with Crippen LogP contribution in [0.15, 0.2) is 54.6 Å². The lowest BCUT2D eigenvalue weighted by Crippen LogP contribution is -2.33. The molecule has 1 heterocycles. The molecule has 10 nitrogen and oxygen atoms in total. The third-order valence-corrected chi connectivity index (χ3v) is 5.04. The van der Waals surface area contributed by atoms with Crippen molar-refractivity contribution in [3.05, 3.63) is 77.6 Å². The van der Waals surface area contributed by atoms with Gasteiger partial charge in [0.1, 0.15) is 48.2 Å². The monoisotopic (exact) mass is 531 g/mol. The molecule has 0 saturated carbocycles. The van der Waals surface area contributed by atoms with Gasteiger partial charge in [0.2, 0.25) is 0 Å². The zero-order chi connectivity index (χ0) is 27.8. The van der Waals surface area contributed by atoms with Crippen LogP contribution in [-0.2, 0) is 20.9 Å². The number of rotatable bonds is 9. The fraction of sp³-hybridized carbons (Fsp3) is 0.200. The number of nitrogens with two attached hydrogens (primary N) is 2. The Bertz CT molecular complexity index is 1300. The molecule has 0 bridgehead atoms. The molecular formula is C25H24F3N5O5. The van der Waals surface area contributed by atoms with Crippen molar-refractivity contribution in [1.29, 1.82) is 0 Å². The Balaban J connectivity index is 1.86. The summed E-state index contributed by atoms with van der Waals surface area (Å²) in [7, 11) is 0. The summed E-state index contributed by atoms with van der Waals surface area (Å²) in [5, 5.41) is 2.39. The van der Waals surface area contributed by atoms with Gasteiger partial charge in [0.15, 0.2) is 0 Å². The van der Waals surface area contributed by atoms with Gasteiger partial charge < -0.3 is 26.3 Å². The molecule has 3 aromatic rings. The van der Waals surface area contributed by atoms with E-state index >= 15 is 0 Å². The van der Waals surface area contributed by atoms with E-state index in [0.29, 0.717) is 16.0 Å². The number of ether oxygens (including phenoxy) is 2. The standard InChI is InChI=1S/C25H24F3N5O5/c1-14(29)23(34)37-12-11-31-25(36)38-13-16-7-10-20(32-21(16)15-5-8-17(26)9-6-15)33(24(30)35)22-18(27)3-2-4-19(22)28/h2-10,14H,11-13,29H2,1H3,(H2,30,35)(H,31,36)/t14-/m0/s1. The maximum Gasteiger partial charge on any atom is 0.407 e. The molecule has 0 aliphatic rings. The molecule has 2 aromatic carbocycles. The number of esters is 1. The van der Waals surface area contributed by atoms with Crippen molar-refractivity contribution in [3.63, 3.8) is 0 Å². The molecule has 3 rings (SSSR count). The molecule has 5 N–H and O–H groups in total. The Labute approximate surface area is 215 Å². The number of para-hydroxylation sites is 1. The van der Waals surface area contributed by atoms with Gasteiger partial charge in [0.05, 0.1) is 12.2 Å². The second kappa shape index (κ2) is 12.5. The predicted molar refractivity (Wildman–Crippen MR) is 131 cm³/mol. The summed E-state index contributed by atoms with van der Waals surface area (Å²) >= 11 is 0. The minimum atomic E-state index is -1.21. The summed E-state index contributed by atoms with van der Waals surface area (Å²) in [5.74, 6) is -3.49. The van der Waals surface area contributed by atoms with E-state index < -0.39 is 47.3 Å². The Hall–Kier alpha value is -4.65. The molecule has 38 heavy (non-hydrogen) atoms. The fourth-order valence-electron chi connectivity index (χ4n) is 3.25. The van der Waals surface area contributed by atoms with Crippen molar-refractivity contribution in [2.45, 2.75) is 19.6 Å². The number of halogens is 3. The second-order valence-electron chi connectivity index (χ2n) is 7.89. The predicted octanol–water partition coefficient (Wildman–Crippen LogP) is 3.50. The number of benzene rings is 2. The highest BCUT2D eigenvalue weighted by molar-refractivity contribution is 5.98. The van der Waals surface area contributed by atoms with Crippen molar-refractivity contribution in [2.75, 3.05) is 18.1 Å². The number of nitrogens with zero attached hydrogens (tertiary/aromatic N) is 2. The lowest BCUT2D eigenvalue weighted by molar-refractivity contribution is -0.144. The topological polar surface area (TPSA) is 150 Å². The Morgan fingerprint density at radius 2 is 1.66 bits per heavy atom. The van der Waals surface area contributed by atoms with Gasteiger partial charge in [-0.3, -0.25) is 4.79 Å². The van der Waals surface area contributed by atoms with Crippen LogP contribution in [0.2, 0.25) is 0 Å². The highest BCUT2D eigenvalue weighted by atomic mass is 19.1. The molecule has 13 heteroatoms. The number of hydrogen-bond donors (Lipinski definition) is 3. The van der Waals surface area contributed by atoms with Crippen LogP contribution in [0.4, 0.5) is 34.3 Å². The Morgan fingerprint density at radius 3 is 2.26 bits per heavy atom. The first-order chi connectivity index (χ1) is 18.1. The minimum absolute atomic E-state index is 0.0406. The van der Waals surface area contributed by atoms with Gasteiger partial charge in [-0.05, 0) is 55.5 Å². The van der Waals surface area contributed by atoms with Gasteiger partial charge in [0.25, 0.3) is 0 Å². The molecule has 0 saturated heterocycles. The maximum atomic E-state index is 14.5. The SMILES string of the molecule is C[C@H](N)C(=O)OCCNC(=O)OCc1ccc(N(C(N)=O)c2c(F)cccc2F)nc1-c1ccc(F)cc1. The van der Waals surface area contributed by atoms with E-state index in [4.69, 9.17) is 20.9 Å². The number of carbonyl (C=O) groups excluding carboxylic acids is 3. The van der Waals surface area contributed by atoms with Crippen LogP contribution in [0.3, 0.4) is 0 Å². The summed E-state index contributed by atoms with van der Waals surface area (Å²) in [6, 6.07) is 8.77.